The maximum atomic E-state index is 12.1. The molecule has 0 saturated carbocycles. The maximum absolute atomic E-state index is 12.1. The first-order valence-corrected chi connectivity index (χ1v) is 5.86. The Kier molecular flexibility index (Phi) is 4.03. The summed E-state index contributed by atoms with van der Waals surface area (Å²) in [6.07, 6.45) is -3.15. The Balaban J connectivity index is 2.39. The molecule has 0 unspecified atom stereocenters. The number of amides is 1. The Morgan fingerprint density at radius 3 is 2.76 bits per heavy atom. The number of hydrogen-bond acceptors (Lipinski definition) is 4. The average Bonchev–Trinajstić information content (AvgIpc) is 2.80. The Labute approximate surface area is 121 Å². The number of pyridine rings is 1. The molecule has 0 aromatic carbocycles. The lowest BCUT2D eigenvalue weighted by molar-refractivity contribution is -0.154. The molecule has 0 radical (unpaired) electrons. The standard InChI is InChI=1S/C11H8ClF3N4O2/c12-6-2-1-3-17-10(6)19-7(9(16)20)4-8(18-19)21-5-11(13,14)15/h1-4H,5H2,(H2,16,20). The zero-order valence-electron chi connectivity index (χ0n) is 10.3. The van der Waals surface area contributed by atoms with Crippen molar-refractivity contribution >= 4 is 17.5 Å². The van der Waals surface area contributed by atoms with Crippen LogP contribution in [-0.2, 0) is 0 Å². The molecule has 112 valence electrons. The summed E-state index contributed by atoms with van der Waals surface area (Å²) in [4.78, 5) is 15.2. The molecule has 2 N–H and O–H groups in total. The monoisotopic (exact) mass is 320 g/mol. The van der Waals surface area contributed by atoms with Crippen LogP contribution in [0.5, 0.6) is 5.88 Å². The van der Waals surface area contributed by atoms with Crippen LogP contribution in [0.4, 0.5) is 13.2 Å². The second-order valence-corrected chi connectivity index (χ2v) is 4.26. The minimum absolute atomic E-state index is 0.0508. The number of carbonyl (C=O) groups excluding carboxylic acids is 1. The summed E-state index contributed by atoms with van der Waals surface area (Å²) in [5.41, 5.74) is 4.95. The molecule has 21 heavy (non-hydrogen) atoms. The predicted molar refractivity (Wildman–Crippen MR) is 66.4 cm³/mol. The number of hydrogen-bond donors (Lipinski definition) is 1. The van der Waals surface area contributed by atoms with Crippen LogP contribution in [0.2, 0.25) is 5.02 Å². The van der Waals surface area contributed by atoms with E-state index in [0.29, 0.717) is 0 Å². The molecule has 2 aromatic heterocycles. The summed E-state index contributed by atoms with van der Waals surface area (Å²) < 4.78 is 41.7. The zero-order chi connectivity index (χ0) is 15.6. The van der Waals surface area contributed by atoms with Crippen LogP contribution in [-0.4, -0.2) is 33.5 Å². The van der Waals surface area contributed by atoms with Gasteiger partial charge in [-0.1, -0.05) is 11.6 Å². The van der Waals surface area contributed by atoms with Gasteiger partial charge in [0.15, 0.2) is 12.4 Å². The molecular weight excluding hydrogens is 313 g/mol. The number of nitrogens with two attached hydrogens (primary N) is 1. The van der Waals surface area contributed by atoms with Gasteiger partial charge in [0, 0.05) is 12.3 Å². The van der Waals surface area contributed by atoms with E-state index in [0.717, 1.165) is 10.7 Å². The van der Waals surface area contributed by atoms with Gasteiger partial charge in [-0.2, -0.15) is 13.2 Å². The van der Waals surface area contributed by atoms with Crippen molar-refractivity contribution in [1.82, 2.24) is 14.8 Å². The number of alkyl halides is 3. The lowest BCUT2D eigenvalue weighted by Crippen LogP contribution is -2.19. The van der Waals surface area contributed by atoms with E-state index in [1.807, 2.05) is 0 Å². The third-order valence-corrected chi connectivity index (χ3v) is 2.56. The van der Waals surface area contributed by atoms with Gasteiger partial charge in [0.25, 0.3) is 5.91 Å². The molecule has 2 rings (SSSR count). The van der Waals surface area contributed by atoms with Gasteiger partial charge >= 0.3 is 6.18 Å². The number of primary amides is 1. The number of halogens is 4. The van der Waals surface area contributed by atoms with Crippen molar-refractivity contribution in [1.29, 1.82) is 0 Å². The topological polar surface area (TPSA) is 83.0 Å². The molecule has 2 heterocycles. The Bertz CT molecular complexity index is 672. The summed E-state index contributed by atoms with van der Waals surface area (Å²) in [6, 6.07) is 4.01. The first kappa shape index (κ1) is 15.1. The predicted octanol–water partition coefficient (Wildman–Crippen LogP) is 1.96. The fourth-order valence-electron chi connectivity index (χ4n) is 1.46. The van der Waals surface area contributed by atoms with Gasteiger partial charge in [-0.25, -0.2) is 9.67 Å². The zero-order valence-corrected chi connectivity index (χ0v) is 11.0. The SMILES string of the molecule is NC(=O)c1cc(OCC(F)(F)F)nn1-c1ncccc1Cl. The molecule has 0 aliphatic heterocycles. The highest BCUT2D eigenvalue weighted by Gasteiger charge is 2.29. The third kappa shape index (κ3) is 3.63. The smallest absolute Gasteiger partial charge is 0.422 e. The quantitative estimate of drug-likeness (QED) is 0.933. The molecule has 0 spiro atoms. The van der Waals surface area contributed by atoms with Crippen LogP contribution in [0, 0.1) is 0 Å². The van der Waals surface area contributed by atoms with E-state index in [-0.39, 0.29) is 16.5 Å². The highest BCUT2D eigenvalue weighted by molar-refractivity contribution is 6.32. The van der Waals surface area contributed by atoms with Crippen LogP contribution in [0.1, 0.15) is 10.5 Å². The van der Waals surface area contributed by atoms with Crippen molar-refractivity contribution < 1.29 is 22.7 Å². The van der Waals surface area contributed by atoms with Crippen molar-refractivity contribution in [2.75, 3.05) is 6.61 Å². The fraction of sp³-hybridized carbons (Fsp3) is 0.182. The number of ether oxygens (including phenoxy) is 1. The van der Waals surface area contributed by atoms with E-state index >= 15 is 0 Å². The minimum atomic E-state index is -4.53. The van der Waals surface area contributed by atoms with Gasteiger partial charge in [0.2, 0.25) is 5.88 Å². The molecule has 0 atom stereocenters. The van der Waals surface area contributed by atoms with Crippen molar-refractivity contribution in [3.63, 3.8) is 0 Å². The van der Waals surface area contributed by atoms with Gasteiger partial charge < -0.3 is 10.5 Å². The summed E-state index contributed by atoms with van der Waals surface area (Å²) >= 11 is 5.90. The highest BCUT2D eigenvalue weighted by atomic mass is 35.5. The van der Waals surface area contributed by atoms with Gasteiger partial charge in [-0.15, -0.1) is 5.10 Å². The maximum Gasteiger partial charge on any atom is 0.422 e. The van der Waals surface area contributed by atoms with E-state index in [1.54, 1.807) is 6.07 Å². The van der Waals surface area contributed by atoms with Crippen LogP contribution in [0.15, 0.2) is 24.4 Å². The number of aromatic nitrogens is 3. The van der Waals surface area contributed by atoms with Crippen molar-refractivity contribution in [2.24, 2.45) is 5.73 Å². The van der Waals surface area contributed by atoms with E-state index in [9.17, 15) is 18.0 Å². The number of rotatable bonds is 4. The second kappa shape index (κ2) is 5.60. The fourth-order valence-corrected chi connectivity index (χ4v) is 1.66. The van der Waals surface area contributed by atoms with Crippen molar-refractivity contribution in [3.05, 3.63) is 35.1 Å². The van der Waals surface area contributed by atoms with Crippen molar-refractivity contribution in [3.8, 4) is 11.7 Å². The summed E-state index contributed by atoms with van der Waals surface area (Å²) in [6.45, 7) is -1.54. The molecule has 0 aliphatic carbocycles. The van der Waals surface area contributed by atoms with Gasteiger partial charge in [0.05, 0.1) is 5.02 Å². The van der Waals surface area contributed by atoms with Crippen LogP contribution >= 0.6 is 11.6 Å². The molecule has 0 fully saturated rings. The van der Waals surface area contributed by atoms with Crippen LogP contribution in [0.3, 0.4) is 0 Å². The average molecular weight is 321 g/mol. The molecule has 1 amide bonds. The largest absolute Gasteiger partial charge is 0.467 e. The van der Waals surface area contributed by atoms with Crippen molar-refractivity contribution in [2.45, 2.75) is 6.18 Å². The number of carbonyl (C=O) groups is 1. The minimum Gasteiger partial charge on any atom is -0.467 e. The Morgan fingerprint density at radius 2 is 2.19 bits per heavy atom. The van der Waals surface area contributed by atoms with E-state index in [1.165, 1.54) is 12.3 Å². The van der Waals surface area contributed by atoms with E-state index in [2.05, 4.69) is 14.8 Å². The molecule has 10 heteroatoms. The molecular formula is C11H8ClF3N4O2. The summed E-state index contributed by atoms with van der Waals surface area (Å²) in [7, 11) is 0. The normalized spacial score (nSPS) is 11.4. The van der Waals surface area contributed by atoms with Gasteiger partial charge in [-0.05, 0) is 12.1 Å². The number of nitrogens with zero attached hydrogens (tertiary/aromatic N) is 3. The van der Waals surface area contributed by atoms with E-state index < -0.39 is 24.6 Å². The lowest BCUT2D eigenvalue weighted by Gasteiger charge is -2.06. The molecule has 6 nitrogen and oxygen atoms in total. The first-order chi connectivity index (χ1) is 9.78. The highest BCUT2D eigenvalue weighted by Crippen LogP contribution is 2.23. The molecule has 2 aromatic rings. The molecule has 0 aliphatic rings. The first-order valence-electron chi connectivity index (χ1n) is 5.48. The van der Waals surface area contributed by atoms with Gasteiger partial charge in [0.1, 0.15) is 5.69 Å². The Hall–Kier alpha value is -2.29. The lowest BCUT2D eigenvalue weighted by atomic mass is 10.4. The van der Waals surface area contributed by atoms with Crippen LogP contribution < -0.4 is 10.5 Å². The van der Waals surface area contributed by atoms with Crippen LogP contribution in [0.25, 0.3) is 5.82 Å². The summed E-state index contributed by atoms with van der Waals surface area (Å²) in [5, 5.41) is 3.86. The van der Waals surface area contributed by atoms with Gasteiger partial charge in [-0.3, -0.25) is 4.79 Å². The third-order valence-electron chi connectivity index (χ3n) is 2.26. The second-order valence-electron chi connectivity index (χ2n) is 3.86. The molecule has 0 saturated heterocycles. The van der Waals surface area contributed by atoms with E-state index in [4.69, 9.17) is 17.3 Å². The Morgan fingerprint density at radius 1 is 1.48 bits per heavy atom. The summed E-state index contributed by atoms with van der Waals surface area (Å²) in [5.74, 6) is -1.27. The molecule has 0 bridgehead atoms.